The Bertz CT molecular complexity index is 1890. The van der Waals surface area contributed by atoms with E-state index in [-0.39, 0.29) is 28.0 Å². The van der Waals surface area contributed by atoms with E-state index in [0.717, 1.165) is 81.1 Å². The van der Waals surface area contributed by atoms with Gasteiger partial charge in [-0.25, -0.2) is 0 Å². The van der Waals surface area contributed by atoms with Crippen molar-refractivity contribution < 1.29 is 32.6 Å². The zero-order chi connectivity index (χ0) is 36.8. The van der Waals surface area contributed by atoms with Gasteiger partial charge in [-0.3, -0.25) is 9.79 Å². The molecule has 4 unspecified atom stereocenters. The molecule has 1 aromatic heterocycles. The minimum Gasteiger partial charge on any atom is -0.453 e. The molecule has 8 rings (SSSR count). The normalized spacial score (nSPS) is 27.1. The average Bonchev–Trinajstić information content (AvgIpc) is 3.69. The summed E-state index contributed by atoms with van der Waals surface area (Å²) >= 11 is 6.32. The monoisotopic (exact) mass is 737 g/mol. The van der Waals surface area contributed by atoms with Crippen molar-refractivity contribution in [1.29, 1.82) is 0 Å². The Kier molecular flexibility index (Phi) is 10.1. The fourth-order valence-corrected chi connectivity index (χ4v) is 9.21. The number of aliphatic hydroxyl groups excluding tert-OH is 1. The van der Waals surface area contributed by atoms with E-state index < -0.39 is 34.6 Å². The van der Waals surface area contributed by atoms with Gasteiger partial charge >= 0.3 is 6.18 Å². The Hall–Kier alpha value is -3.60. The van der Waals surface area contributed by atoms with Gasteiger partial charge in [0.2, 0.25) is 5.78 Å². The number of rotatable bonds is 5. The molecule has 5 aliphatic rings. The van der Waals surface area contributed by atoms with Crippen LogP contribution in [-0.2, 0) is 12.6 Å². The number of aliphatic imine (C=N–C) groups is 1. The lowest BCUT2D eigenvalue weighted by molar-refractivity contribution is -0.137. The number of hydrogen-bond acceptors (Lipinski definition) is 7. The van der Waals surface area contributed by atoms with Crippen LogP contribution < -0.4 is 0 Å². The number of carbonyl (C=O) groups is 1. The van der Waals surface area contributed by atoms with Gasteiger partial charge in [0.1, 0.15) is 5.76 Å². The molecular weight excluding hydrogens is 691 g/mol. The van der Waals surface area contributed by atoms with Gasteiger partial charge in [0.05, 0.1) is 28.8 Å². The minimum atomic E-state index is -4.58. The van der Waals surface area contributed by atoms with Gasteiger partial charge < -0.3 is 24.4 Å². The second kappa shape index (κ2) is 14.3. The molecule has 1 saturated heterocycles. The van der Waals surface area contributed by atoms with Crippen LogP contribution in [0, 0.1) is 5.41 Å². The topological polar surface area (TPSA) is 89.5 Å². The summed E-state index contributed by atoms with van der Waals surface area (Å²) in [6.07, 6.45) is 3.38. The molecule has 1 saturated carbocycles. The molecule has 3 aromatic rings. The Balaban J connectivity index is 1.28. The fourth-order valence-electron chi connectivity index (χ4n) is 8.99. The molecule has 7 nitrogen and oxygen atoms in total. The number of furan rings is 1. The summed E-state index contributed by atoms with van der Waals surface area (Å²) in [7, 11) is 0. The smallest absolute Gasteiger partial charge is 0.416 e. The lowest BCUT2D eigenvalue weighted by Crippen LogP contribution is -2.59. The molecule has 3 heterocycles. The summed E-state index contributed by atoms with van der Waals surface area (Å²) in [6.45, 7) is 8.26. The number of ketones is 1. The highest BCUT2D eigenvalue weighted by atomic mass is 35.5. The number of hydrogen-bond donors (Lipinski definition) is 2. The van der Waals surface area contributed by atoms with Crippen LogP contribution in [0.3, 0.4) is 0 Å². The largest absolute Gasteiger partial charge is 0.453 e. The SMILES string of the molecule is CC1=CCCC2(C)C(CCC2(O)CN2CCCN3CCCN=C32)c2ccc(cc2C(=O)c2ccc(-c3cc(C(F)(F)F)ccc3Cl)o2)CC(O)CC1. The number of aliphatic hydroxyl groups is 2. The Labute approximate surface area is 308 Å². The second-order valence-electron chi connectivity index (χ2n) is 15.4. The van der Waals surface area contributed by atoms with Gasteiger partial charge in [0.25, 0.3) is 0 Å². The molecule has 2 fully saturated rings. The number of halogens is 4. The zero-order valence-corrected chi connectivity index (χ0v) is 30.6. The third-order valence-corrected chi connectivity index (χ3v) is 12.3. The van der Waals surface area contributed by atoms with Crippen molar-refractivity contribution in [2.24, 2.45) is 10.4 Å². The van der Waals surface area contributed by atoms with Crippen LogP contribution in [0.4, 0.5) is 13.2 Å². The van der Waals surface area contributed by atoms with Gasteiger partial charge in [-0.2, -0.15) is 13.2 Å². The summed E-state index contributed by atoms with van der Waals surface area (Å²) in [6, 6.07) is 11.7. The standard InChI is InChI=1S/C41H47ClF3N3O4/c1-26-6-3-16-39(2)33(15-17-40(39,51)25-48-21-5-20-47-19-4-18-46-38(47)48)30-11-8-27(22-29(49)10-7-26)23-31(30)37(50)36-14-13-35(52-36)32-24-28(41(43,44)45)9-12-34(32)42/h6,8-9,11-14,23-24,29,33,49,51H,3-5,7,10,15-22,25H2,1-2H3. The van der Waals surface area contributed by atoms with E-state index in [0.29, 0.717) is 44.2 Å². The quantitative estimate of drug-likeness (QED) is 0.201. The number of β-amino-alcohol motifs (C(OH)–C–C–N with tert-alkyl or cyclic N) is 1. The van der Waals surface area contributed by atoms with Crippen molar-refractivity contribution in [3.8, 4) is 11.3 Å². The number of alkyl halides is 3. The van der Waals surface area contributed by atoms with Crippen LogP contribution in [0.1, 0.15) is 104 Å². The first-order valence-electron chi connectivity index (χ1n) is 18.5. The molecule has 11 heteroatoms. The number of benzene rings is 2. The number of allylic oxidation sites excluding steroid dienone is 2. The van der Waals surface area contributed by atoms with E-state index in [1.807, 2.05) is 18.2 Å². The summed E-state index contributed by atoms with van der Waals surface area (Å²) in [5, 5.41) is 23.9. The average molecular weight is 738 g/mol. The van der Waals surface area contributed by atoms with Crippen LogP contribution in [0.15, 0.2) is 69.6 Å². The maximum atomic E-state index is 14.5. The maximum absolute atomic E-state index is 14.5. The van der Waals surface area contributed by atoms with Crippen molar-refractivity contribution in [2.75, 3.05) is 32.7 Å². The predicted molar refractivity (Wildman–Crippen MR) is 196 cm³/mol. The lowest BCUT2D eigenvalue weighted by Gasteiger charge is -2.49. The van der Waals surface area contributed by atoms with Crippen LogP contribution in [0.5, 0.6) is 0 Å². The highest BCUT2D eigenvalue weighted by Gasteiger charge is 2.58. The first-order valence-corrected chi connectivity index (χ1v) is 18.9. The molecule has 0 spiro atoms. The molecule has 278 valence electrons. The van der Waals surface area contributed by atoms with E-state index in [4.69, 9.17) is 21.0 Å². The van der Waals surface area contributed by atoms with Crippen LogP contribution in [0.2, 0.25) is 5.02 Å². The number of nitrogens with zero attached hydrogens (tertiary/aromatic N) is 3. The Morgan fingerprint density at radius 2 is 1.87 bits per heavy atom. The highest BCUT2D eigenvalue weighted by molar-refractivity contribution is 6.33. The summed E-state index contributed by atoms with van der Waals surface area (Å²) in [5.74, 6) is 0.403. The van der Waals surface area contributed by atoms with Crippen molar-refractivity contribution in [3.63, 3.8) is 0 Å². The van der Waals surface area contributed by atoms with E-state index in [2.05, 4.69) is 29.7 Å². The van der Waals surface area contributed by atoms with Crippen molar-refractivity contribution >= 4 is 23.3 Å². The summed E-state index contributed by atoms with van der Waals surface area (Å²) < 4.78 is 46.7. The highest BCUT2D eigenvalue weighted by Crippen LogP contribution is 2.59. The van der Waals surface area contributed by atoms with Gasteiger partial charge in [-0.05, 0) is 118 Å². The molecule has 2 N–H and O–H groups in total. The van der Waals surface area contributed by atoms with Crippen molar-refractivity contribution in [2.45, 2.75) is 95.4 Å². The third-order valence-electron chi connectivity index (χ3n) is 12.0. The first kappa shape index (κ1) is 36.7. The molecule has 3 aliphatic carbocycles. The Morgan fingerprint density at radius 3 is 2.67 bits per heavy atom. The van der Waals surface area contributed by atoms with E-state index in [1.165, 1.54) is 23.8 Å². The molecule has 2 bridgehead atoms. The van der Waals surface area contributed by atoms with E-state index in [9.17, 15) is 28.2 Å². The summed E-state index contributed by atoms with van der Waals surface area (Å²) in [5.41, 5.74) is 0.677. The van der Waals surface area contributed by atoms with Gasteiger partial charge in [-0.15, -0.1) is 0 Å². The maximum Gasteiger partial charge on any atom is 0.416 e. The second-order valence-corrected chi connectivity index (χ2v) is 15.8. The van der Waals surface area contributed by atoms with Gasteiger partial charge in [-0.1, -0.05) is 42.3 Å². The van der Waals surface area contributed by atoms with E-state index >= 15 is 0 Å². The van der Waals surface area contributed by atoms with Crippen LogP contribution in [0.25, 0.3) is 11.3 Å². The number of carbonyl (C=O) groups excluding carboxylic acids is 1. The third kappa shape index (κ3) is 7.06. The molecule has 2 aliphatic heterocycles. The van der Waals surface area contributed by atoms with Crippen molar-refractivity contribution in [1.82, 2.24) is 9.80 Å². The molecule has 4 atom stereocenters. The van der Waals surface area contributed by atoms with E-state index in [1.54, 1.807) is 0 Å². The molecule has 52 heavy (non-hydrogen) atoms. The number of fused-ring (bicyclic) bond motifs is 9. The number of guanidine groups is 1. The van der Waals surface area contributed by atoms with Crippen LogP contribution in [-0.4, -0.2) is 76.2 Å². The summed E-state index contributed by atoms with van der Waals surface area (Å²) in [4.78, 5) is 24.0. The van der Waals surface area contributed by atoms with Crippen LogP contribution >= 0.6 is 11.6 Å². The molecule has 0 amide bonds. The van der Waals surface area contributed by atoms with Crippen molar-refractivity contribution in [3.05, 3.63) is 93.2 Å². The predicted octanol–water partition coefficient (Wildman–Crippen LogP) is 8.66. The molecule has 0 radical (unpaired) electrons. The van der Waals surface area contributed by atoms with Gasteiger partial charge in [0.15, 0.2) is 11.7 Å². The zero-order valence-electron chi connectivity index (χ0n) is 29.8. The lowest BCUT2D eigenvalue weighted by atomic mass is 9.64. The first-order chi connectivity index (χ1) is 24.8. The Morgan fingerprint density at radius 1 is 1.06 bits per heavy atom. The van der Waals surface area contributed by atoms with Gasteiger partial charge in [0, 0.05) is 42.7 Å². The molecule has 2 aromatic carbocycles. The molecular formula is C41H47ClF3N3O4. The fraction of sp³-hybridized carbons (Fsp3) is 0.512. The minimum absolute atomic E-state index is 0.0271.